The number of benzene rings is 1. The van der Waals surface area contributed by atoms with Crippen molar-refractivity contribution >= 4 is 5.69 Å². The van der Waals surface area contributed by atoms with Crippen LogP contribution in [0.25, 0.3) is 0 Å². The second-order valence-corrected chi connectivity index (χ2v) is 3.71. The van der Waals surface area contributed by atoms with Crippen molar-refractivity contribution in [3.63, 3.8) is 0 Å². The minimum Gasteiger partial charge on any atom is -0.380 e. The first-order valence-corrected chi connectivity index (χ1v) is 5.15. The van der Waals surface area contributed by atoms with Crippen molar-refractivity contribution in [2.24, 2.45) is 0 Å². The summed E-state index contributed by atoms with van der Waals surface area (Å²) in [4.78, 5) is 3.58. The number of aromatic nitrogens is 1. The van der Waals surface area contributed by atoms with Crippen LogP contribution in [0.1, 0.15) is 11.1 Å². The normalized spacial score (nSPS) is 10.1. The van der Waals surface area contributed by atoms with Gasteiger partial charge >= 0.3 is 0 Å². The zero-order valence-corrected chi connectivity index (χ0v) is 9.07. The van der Waals surface area contributed by atoms with Gasteiger partial charge in [0, 0.05) is 6.54 Å². The van der Waals surface area contributed by atoms with Gasteiger partial charge in [0.15, 0.2) is 0 Å². The Balaban J connectivity index is 1.99. The van der Waals surface area contributed by atoms with E-state index in [4.69, 9.17) is 0 Å². The fourth-order valence-corrected chi connectivity index (χ4v) is 1.51. The summed E-state index contributed by atoms with van der Waals surface area (Å²) in [6.45, 7) is 2.78. The number of halogens is 1. The van der Waals surface area contributed by atoms with Crippen LogP contribution in [-0.2, 0) is 6.54 Å². The zero-order chi connectivity index (χ0) is 11.4. The van der Waals surface area contributed by atoms with Crippen molar-refractivity contribution in [1.29, 1.82) is 0 Å². The van der Waals surface area contributed by atoms with Crippen molar-refractivity contribution in [1.82, 2.24) is 4.98 Å². The standard InChI is InChI=1S/C13H13FN2/c1-10-3-2-4-11(7-10)8-15-12-5-6-13(14)16-9-12/h2-7,9,15H,8H2,1H3. The summed E-state index contributed by atoms with van der Waals surface area (Å²) < 4.78 is 12.6. The third-order valence-corrected chi connectivity index (χ3v) is 2.31. The Kier molecular flexibility index (Phi) is 3.15. The first kappa shape index (κ1) is 10.6. The highest BCUT2D eigenvalue weighted by Crippen LogP contribution is 2.09. The minimum atomic E-state index is -0.457. The molecule has 82 valence electrons. The molecule has 2 rings (SSSR count). The minimum absolute atomic E-state index is 0.457. The van der Waals surface area contributed by atoms with Crippen LogP contribution in [0.5, 0.6) is 0 Å². The number of anilines is 1. The highest BCUT2D eigenvalue weighted by atomic mass is 19.1. The Hall–Kier alpha value is -1.90. The maximum Gasteiger partial charge on any atom is 0.212 e. The summed E-state index contributed by atoms with van der Waals surface area (Å²) in [5.74, 6) is -0.457. The van der Waals surface area contributed by atoms with Crippen LogP contribution in [-0.4, -0.2) is 4.98 Å². The largest absolute Gasteiger partial charge is 0.380 e. The number of hydrogen-bond donors (Lipinski definition) is 1. The van der Waals surface area contributed by atoms with Gasteiger partial charge in [0.2, 0.25) is 5.95 Å². The third-order valence-electron chi connectivity index (χ3n) is 2.31. The highest BCUT2D eigenvalue weighted by molar-refractivity contribution is 5.41. The summed E-state index contributed by atoms with van der Waals surface area (Å²) in [5, 5.41) is 3.19. The van der Waals surface area contributed by atoms with E-state index in [0.717, 1.165) is 12.2 Å². The lowest BCUT2D eigenvalue weighted by Crippen LogP contribution is -2.00. The number of hydrogen-bond acceptors (Lipinski definition) is 2. The summed E-state index contributed by atoms with van der Waals surface area (Å²) in [5.41, 5.74) is 3.25. The maximum atomic E-state index is 12.6. The molecule has 3 heteroatoms. The molecule has 2 nitrogen and oxygen atoms in total. The lowest BCUT2D eigenvalue weighted by molar-refractivity contribution is 0.584. The first-order chi connectivity index (χ1) is 7.74. The van der Waals surface area contributed by atoms with Crippen molar-refractivity contribution in [3.8, 4) is 0 Å². The molecule has 0 bridgehead atoms. The number of nitrogens with one attached hydrogen (secondary N) is 1. The molecule has 2 aromatic rings. The Morgan fingerprint density at radius 2 is 2.12 bits per heavy atom. The Labute approximate surface area is 94.2 Å². The van der Waals surface area contributed by atoms with Crippen molar-refractivity contribution in [3.05, 3.63) is 59.7 Å². The van der Waals surface area contributed by atoms with Crippen LogP contribution in [0.2, 0.25) is 0 Å². The molecule has 0 unspecified atom stereocenters. The molecule has 1 heterocycles. The van der Waals surface area contributed by atoms with E-state index in [1.807, 2.05) is 6.07 Å². The molecule has 0 atom stereocenters. The molecule has 0 aliphatic carbocycles. The zero-order valence-electron chi connectivity index (χ0n) is 9.07. The maximum absolute atomic E-state index is 12.6. The monoisotopic (exact) mass is 216 g/mol. The van der Waals surface area contributed by atoms with Crippen LogP contribution in [0.4, 0.5) is 10.1 Å². The molecule has 1 aromatic carbocycles. The highest BCUT2D eigenvalue weighted by Gasteiger charge is 1.95. The molecule has 0 saturated heterocycles. The lowest BCUT2D eigenvalue weighted by atomic mass is 10.1. The molecule has 0 fully saturated rings. The predicted molar refractivity (Wildman–Crippen MR) is 62.7 cm³/mol. The SMILES string of the molecule is Cc1cccc(CNc2ccc(F)nc2)c1. The number of nitrogens with zero attached hydrogens (tertiary/aromatic N) is 1. The van der Waals surface area contributed by atoms with E-state index in [1.54, 1.807) is 6.07 Å². The second kappa shape index (κ2) is 4.75. The van der Waals surface area contributed by atoms with Crippen LogP contribution in [0.3, 0.4) is 0 Å². The summed E-state index contributed by atoms with van der Waals surface area (Å²) in [6, 6.07) is 11.3. The number of rotatable bonds is 3. The van der Waals surface area contributed by atoms with E-state index >= 15 is 0 Å². The van der Waals surface area contributed by atoms with Gasteiger partial charge in [-0.2, -0.15) is 4.39 Å². The van der Waals surface area contributed by atoms with Gasteiger partial charge in [0.25, 0.3) is 0 Å². The van der Waals surface area contributed by atoms with Gasteiger partial charge in [-0.05, 0) is 24.6 Å². The van der Waals surface area contributed by atoms with Crippen LogP contribution >= 0.6 is 0 Å². The van der Waals surface area contributed by atoms with E-state index < -0.39 is 5.95 Å². The second-order valence-electron chi connectivity index (χ2n) is 3.71. The molecule has 0 radical (unpaired) electrons. The Bertz CT molecular complexity index is 466. The van der Waals surface area contributed by atoms with Gasteiger partial charge in [0.05, 0.1) is 11.9 Å². The fraction of sp³-hybridized carbons (Fsp3) is 0.154. The van der Waals surface area contributed by atoms with E-state index in [0.29, 0.717) is 0 Å². The molecule has 0 aliphatic heterocycles. The first-order valence-electron chi connectivity index (χ1n) is 5.15. The molecule has 0 aliphatic rings. The molecule has 0 amide bonds. The topological polar surface area (TPSA) is 24.9 Å². The van der Waals surface area contributed by atoms with Gasteiger partial charge in [-0.1, -0.05) is 29.8 Å². The smallest absolute Gasteiger partial charge is 0.212 e. The molecular formula is C13H13FN2. The fourth-order valence-electron chi connectivity index (χ4n) is 1.51. The van der Waals surface area contributed by atoms with Gasteiger partial charge in [0.1, 0.15) is 0 Å². The Morgan fingerprint density at radius 1 is 1.25 bits per heavy atom. The molecule has 1 aromatic heterocycles. The van der Waals surface area contributed by atoms with Crippen LogP contribution in [0, 0.1) is 12.9 Å². The van der Waals surface area contributed by atoms with Crippen molar-refractivity contribution in [2.45, 2.75) is 13.5 Å². The van der Waals surface area contributed by atoms with Crippen LogP contribution < -0.4 is 5.32 Å². The molecule has 0 saturated carbocycles. The third kappa shape index (κ3) is 2.79. The lowest BCUT2D eigenvalue weighted by Gasteiger charge is -2.06. The van der Waals surface area contributed by atoms with Crippen LogP contribution in [0.15, 0.2) is 42.6 Å². The molecule has 16 heavy (non-hydrogen) atoms. The van der Waals surface area contributed by atoms with E-state index in [1.165, 1.54) is 23.4 Å². The van der Waals surface area contributed by atoms with Gasteiger partial charge in [-0.3, -0.25) is 0 Å². The summed E-state index contributed by atoms with van der Waals surface area (Å²) in [6.07, 6.45) is 1.49. The molecular weight excluding hydrogens is 203 g/mol. The van der Waals surface area contributed by atoms with Gasteiger partial charge < -0.3 is 5.32 Å². The summed E-state index contributed by atoms with van der Waals surface area (Å²) >= 11 is 0. The predicted octanol–water partition coefficient (Wildman–Crippen LogP) is 3.14. The number of aryl methyl sites for hydroxylation is 1. The average molecular weight is 216 g/mol. The average Bonchev–Trinajstić information content (AvgIpc) is 2.28. The van der Waals surface area contributed by atoms with Crippen molar-refractivity contribution in [2.75, 3.05) is 5.32 Å². The van der Waals surface area contributed by atoms with E-state index in [9.17, 15) is 4.39 Å². The van der Waals surface area contributed by atoms with E-state index in [-0.39, 0.29) is 0 Å². The quantitative estimate of drug-likeness (QED) is 0.797. The van der Waals surface area contributed by atoms with Gasteiger partial charge in [-0.25, -0.2) is 4.98 Å². The Morgan fingerprint density at radius 3 is 2.81 bits per heavy atom. The molecule has 0 spiro atoms. The van der Waals surface area contributed by atoms with Crippen molar-refractivity contribution < 1.29 is 4.39 Å². The molecule has 1 N–H and O–H groups in total. The summed E-state index contributed by atoms with van der Waals surface area (Å²) in [7, 11) is 0. The van der Waals surface area contributed by atoms with Gasteiger partial charge in [-0.15, -0.1) is 0 Å². The van der Waals surface area contributed by atoms with E-state index in [2.05, 4.69) is 35.4 Å². The number of pyridine rings is 1.